The van der Waals surface area contributed by atoms with Gasteiger partial charge in [-0.2, -0.15) is 0 Å². The lowest BCUT2D eigenvalue weighted by atomic mass is 9.45. The summed E-state index contributed by atoms with van der Waals surface area (Å²) in [7, 11) is 0. The molecule has 4 aliphatic carbocycles. The van der Waals surface area contributed by atoms with Crippen molar-refractivity contribution >= 4 is 11.6 Å². The smallest absolute Gasteiger partial charge is 0.190 e. The summed E-state index contributed by atoms with van der Waals surface area (Å²) in [6.45, 7) is 9.91. The van der Waals surface area contributed by atoms with E-state index in [4.69, 9.17) is 4.74 Å². The number of rotatable bonds is 4. The quantitative estimate of drug-likeness (QED) is 0.730. The number of carbonyl (C=O) groups excluding carboxylic acids is 2. The van der Waals surface area contributed by atoms with E-state index in [-0.39, 0.29) is 53.4 Å². The highest BCUT2D eigenvalue weighted by Crippen LogP contribution is 2.68. The Morgan fingerprint density at radius 2 is 2.00 bits per heavy atom. The zero-order chi connectivity index (χ0) is 22.1. The molecule has 8 atom stereocenters. The van der Waals surface area contributed by atoms with E-state index in [1.165, 1.54) is 5.57 Å². The van der Waals surface area contributed by atoms with E-state index in [0.717, 1.165) is 25.7 Å². The molecule has 0 aromatic rings. The average Bonchev–Trinajstić information content (AvgIpc) is 2.87. The standard InChI is InChI=1S/C25H38O5/c1-14(2)30-13-21(28)25(29)15(3)10-19-18-7-6-16-11-17(26)8-9-23(16,4)22(18)20(27)12-24(19,25)5/h11,14-15,18-20,22,27,29H,6-10,12-13H2,1-5H3/t15-,18+,19+,20+,22-,23+,24+,25+/m1/s1. The molecule has 0 saturated heterocycles. The number of ketones is 2. The molecule has 3 fully saturated rings. The molecule has 5 heteroatoms. The van der Waals surface area contributed by atoms with Crippen molar-refractivity contribution in [1.29, 1.82) is 0 Å². The van der Waals surface area contributed by atoms with Crippen molar-refractivity contribution in [3.05, 3.63) is 11.6 Å². The topological polar surface area (TPSA) is 83.8 Å². The maximum absolute atomic E-state index is 13.2. The van der Waals surface area contributed by atoms with Gasteiger partial charge in [-0.15, -0.1) is 0 Å². The molecule has 0 aliphatic heterocycles. The third-order valence-corrected chi connectivity index (χ3v) is 9.45. The molecule has 0 radical (unpaired) electrons. The van der Waals surface area contributed by atoms with Crippen LogP contribution in [0.2, 0.25) is 0 Å². The van der Waals surface area contributed by atoms with Crippen LogP contribution in [-0.4, -0.2) is 46.2 Å². The van der Waals surface area contributed by atoms with Crippen LogP contribution in [0.4, 0.5) is 0 Å². The predicted octanol–water partition coefficient (Wildman–Crippen LogP) is 3.46. The Morgan fingerprint density at radius 3 is 2.67 bits per heavy atom. The van der Waals surface area contributed by atoms with Gasteiger partial charge in [-0.05, 0) is 81.1 Å². The van der Waals surface area contributed by atoms with E-state index in [0.29, 0.717) is 12.8 Å². The lowest BCUT2D eigenvalue weighted by Gasteiger charge is -2.60. The largest absolute Gasteiger partial charge is 0.393 e. The first-order valence-corrected chi connectivity index (χ1v) is 11.7. The Kier molecular flexibility index (Phi) is 5.35. The number of ether oxygens (including phenoxy) is 1. The summed E-state index contributed by atoms with van der Waals surface area (Å²) in [6, 6.07) is 0. The molecule has 168 valence electrons. The van der Waals surface area contributed by atoms with Crippen LogP contribution in [0.1, 0.15) is 73.1 Å². The van der Waals surface area contributed by atoms with Crippen molar-refractivity contribution < 1.29 is 24.5 Å². The number of carbonyl (C=O) groups is 2. The highest BCUT2D eigenvalue weighted by atomic mass is 16.5. The van der Waals surface area contributed by atoms with Crippen LogP contribution < -0.4 is 0 Å². The van der Waals surface area contributed by atoms with Gasteiger partial charge >= 0.3 is 0 Å². The molecule has 0 heterocycles. The molecule has 0 amide bonds. The first kappa shape index (κ1) is 22.2. The highest BCUT2D eigenvalue weighted by molar-refractivity contribution is 5.92. The summed E-state index contributed by atoms with van der Waals surface area (Å²) in [6.07, 6.45) is 5.51. The first-order chi connectivity index (χ1) is 13.9. The Hall–Kier alpha value is -1.04. The summed E-state index contributed by atoms with van der Waals surface area (Å²) in [4.78, 5) is 25.3. The molecular weight excluding hydrogens is 380 g/mol. The van der Waals surface area contributed by atoms with Crippen LogP contribution in [-0.2, 0) is 14.3 Å². The van der Waals surface area contributed by atoms with Crippen LogP contribution in [0.25, 0.3) is 0 Å². The summed E-state index contributed by atoms with van der Waals surface area (Å²) in [5, 5.41) is 23.3. The number of hydrogen-bond acceptors (Lipinski definition) is 5. The molecular formula is C25H38O5. The van der Waals surface area contributed by atoms with Crippen LogP contribution >= 0.6 is 0 Å². The molecule has 0 aromatic carbocycles. The number of aliphatic hydroxyl groups excluding tert-OH is 1. The van der Waals surface area contributed by atoms with E-state index in [1.54, 1.807) is 0 Å². The Labute approximate surface area is 180 Å². The lowest BCUT2D eigenvalue weighted by Crippen LogP contribution is -2.63. The Bertz CT molecular complexity index is 772. The molecule has 0 bridgehead atoms. The molecule has 0 aromatic heterocycles. The summed E-state index contributed by atoms with van der Waals surface area (Å²) in [5.74, 6) is 0.315. The van der Waals surface area contributed by atoms with Crippen molar-refractivity contribution in [3.63, 3.8) is 0 Å². The first-order valence-electron chi connectivity index (χ1n) is 11.7. The van der Waals surface area contributed by atoms with Crippen LogP contribution in [0.5, 0.6) is 0 Å². The third kappa shape index (κ3) is 2.91. The predicted molar refractivity (Wildman–Crippen MR) is 114 cm³/mol. The average molecular weight is 419 g/mol. The van der Waals surface area contributed by atoms with Gasteiger partial charge in [0.25, 0.3) is 0 Å². The van der Waals surface area contributed by atoms with Crippen molar-refractivity contribution in [2.24, 2.45) is 34.5 Å². The van der Waals surface area contributed by atoms with Crippen molar-refractivity contribution in [2.75, 3.05) is 6.61 Å². The van der Waals surface area contributed by atoms with Crippen LogP contribution in [0.3, 0.4) is 0 Å². The van der Waals surface area contributed by atoms with E-state index in [9.17, 15) is 19.8 Å². The zero-order valence-corrected chi connectivity index (χ0v) is 19.1. The fourth-order valence-electron chi connectivity index (χ4n) is 7.97. The monoisotopic (exact) mass is 418 g/mol. The van der Waals surface area contributed by atoms with E-state index >= 15 is 0 Å². The Morgan fingerprint density at radius 1 is 1.30 bits per heavy atom. The zero-order valence-electron chi connectivity index (χ0n) is 19.1. The summed E-state index contributed by atoms with van der Waals surface area (Å²) < 4.78 is 5.57. The maximum Gasteiger partial charge on any atom is 0.190 e. The number of fused-ring (bicyclic) bond motifs is 5. The van der Waals surface area contributed by atoms with E-state index in [1.807, 2.05) is 33.8 Å². The molecule has 4 aliphatic rings. The van der Waals surface area contributed by atoms with Crippen LogP contribution in [0, 0.1) is 34.5 Å². The molecule has 5 nitrogen and oxygen atoms in total. The number of allylic oxidation sites excluding steroid dienone is 1. The van der Waals surface area contributed by atoms with Gasteiger partial charge in [0, 0.05) is 11.8 Å². The van der Waals surface area contributed by atoms with Crippen molar-refractivity contribution in [2.45, 2.75) is 91.0 Å². The van der Waals surface area contributed by atoms with E-state index in [2.05, 4.69) is 6.92 Å². The lowest BCUT2D eigenvalue weighted by molar-refractivity contribution is -0.188. The van der Waals surface area contributed by atoms with Gasteiger partial charge in [0.1, 0.15) is 12.2 Å². The van der Waals surface area contributed by atoms with Gasteiger partial charge in [-0.1, -0.05) is 26.3 Å². The van der Waals surface area contributed by atoms with Gasteiger partial charge in [0.2, 0.25) is 0 Å². The van der Waals surface area contributed by atoms with Crippen molar-refractivity contribution in [3.8, 4) is 0 Å². The molecule has 30 heavy (non-hydrogen) atoms. The SMILES string of the molecule is CC(C)OCC(=O)[C@@]1(O)[C@H](C)C[C@H]2[C@@H]3CCC4=CC(=O)CC[C@]4(C)[C@H]3[C@@H](O)C[C@@]21C. The van der Waals surface area contributed by atoms with Gasteiger partial charge in [-0.25, -0.2) is 0 Å². The summed E-state index contributed by atoms with van der Waals surface area (Å²) in [5.41, 5.74) is -1.10. The second-order valence-corrected chi connectivity index (χ2v) is 11.3. The minimum Gasteiger partial charge on any atom is -0.393 e. The molecule has 0 spiro atoms. The fourth-order valence-corrected chi connectivity index (χ4v) is 7.97. The number of hydrogen-bond donors (Lipinski definition) is 2. The minimum absolute atomic E-state index is 0.0725. The van der Waals surface area contributed by atoms with E-state index < -0.39 is 17.1 Å². The number of Topliss-reactive ketones (excluding diaryl/α,β-unsaturated/α-hetero) is 1. The molecule has 3 saturated carbocycles. The Balaban J connectivity index is 1.69. The van der Waals surface area contributed by atoms with Gasteiger partial charge < -0.3 is 14.9 Å². The van der Waals surface area contributed by atoms with Crippen LogP contribution in [0.15, 0.2) is 11.6 Å². The highest BCUT2D eigenvalue weighted by Gasteiger charge is 2.70. The van der Waals surface area contributed by atoms with Gasteiger partial charge in [-0.3, -0.25) is 9.59 Å². The second kappa shape index (κ2) is 7.25. The molecule has 0 unspecified atom stereocenters. The molecule has 2 N–H and O–H groups in total. The normalized spacial score (nSPS) is 48.1. The van der Waals surface area contributed by atoms with Gasteiger partial charge in [0.15, 0.2) is 11.6 Å². The second-order valence-electron chi connectivity index (χ2n) is 11.3. The maximum atomic E-state index is 13.2. The van der Waals surface area contributed by atoms with Crippen molar-refractivity contribution in [1.82, 2.24) is 0 Å². The van der Waals surface area contributed by atoms with Gasteiger partial charge in [0.05, 0.1) is 12.2 Å². The molecule has 4 rings (SSSR count). The third-order valence-electron chi connectivity index (χ3n) is 9.45. The summed E-state index contributed by atoms with van der Waals surface area (Å²) >= 11 is 0. The fraction of sp³-hybridized carbons (Fsp3) is 0.840. The number of aliphatic hydroxyl groups is 2. The minimum atomic E-state index is -1.47.